The van der Waals surface area contributed by atoms with Crippen molar-refractivity contribution < 1.29 is 9.84 Å². The van der Waals surface area contributed by atoms with Crippen LogP contribution in [-0.2, 0) is 13.1 Å². The highest BCUT2D eigenvalue weighted by molar-refractivity contribution is 5.79. The van der Waals surface area contributed by atoms with Crippen LogP contribution in [0.3, 0.4) is 0 Å². The number of hydrogen-bond acceptors (Lipinski definition) is 4. The Labute approximate surface area is 179 Å². The second-order valence-corrected chi connectivity index (χ2v) is 8.21. The van der Waals surface area contributed by atoms with Crippen LogP contribution in [0.4, 0.5) is 0 Å². The van der Waals surface area contributed by atoms with Crippen LogP contribution in [0.1, 0.15) is 24.8 Å². The first-order chi connectivity index (χ1) is 14.8. The van der Waals surface area contributed by atoms with Gasteiger partial charge in [0.1, 0.15) is 18.5 Å². The van der Waals surface area contributed by atoms with Crippen LogP contribution in [0, 0.1) is 0 Å². The lowest BCUT2D eigenvalue weighted by molar-refractivity contribution is 0.0617. The molecule has 5 nitrogen and oxygen atoms in total. The lowest BCUT2D eigenvalue weighted by Gasteiger charge is -2.28. The predicted molar refractivity (Wildman–Crippen MR) is 122 cm³/mol. The van der Waals surface area contributed by atoms with Crippen molar-refractivity contribution in [1.82, 2.24) is 14.8 Å². The molecular weight excluding hydrogens is 374 g/mol. The lowest BCUT2D eigenvalue weighted by Crippen LogP contribution is -2.38. The molecule has 30 heavy (non-hydrogen) atoms. The summed E-state index contributed by atoms with van der Waals surface area (Å²) in [5.74, 6) is 0.815. The van der Waals surface area contributed by atoms with Gasteiger partial charge in [0.05, 0.1) is 0 Å². The van der Waals surface area contributed by atoms with E-state index in [9.17, 15) is 5.11 Å². The lowest BCUT2D eigenvalue weighted by atomic mass is 10.1. The average Bonchev–Trinajstić information content (AvgIpc) is 3.20. The largest absolute Gasteiger partial charge is 0.491 e. The van der Waals surface area contributed by atoms with E-state index in [2.05, 4.69) is 63.4 Å². The van der Waals surface area contributed by atoms with Crippen LogP contribution >= 0.6 is 0 Å². The number of β-amino-alcohol motifs (C(OH)–C–C–N with tert-alkyl or cyclic N) is 1. The number of aliphatic hydroxyl groups excluding tert-OH is 1. The Morgan fingerprint density at radius 1 is 0.967 bits per heavy atom. The molecule has 2 heterocycles. The molecule has 0 radical (unpaired) electrons. The molecule has 5 heteroatoms. The minimum Gasteiger partial charge on any atom is -0.491 e. The summed E-state index contributed by atoms with van der Waals surface area (Å²) in [5, 5.41) is 15.0. The number of piperidine rings is 1. The van der Waals surface area contributed by atoms with Crippen molar-refractivity contribution in [3.63, 3.8) is 0 Å². The summed E-state index contributed by atoms with van der Waals surface area (Å²) in [6, 6.07) is 18.8. The van der Waals surface area contributed by atoms with E-state index in [1.54, 1.807) is 0 Å². The third-order valence-corrected chi connectivity index (χ3v) is 5.82. The van der Waals surface area contributed by atoms with Crippen LogP contribution in [-0.4, -0.2) is 53.5 Å². The Morgan fingerprint density at radius 3 is 2.60 bits per heavy atom. The number of nitrogens with one attached hydrogen (secondary N) is 1. The third kappa shape index (κ3) is 5.85. The zero-order chi connectivity index (χ0) is 20.6. The van der Waals surface area contributed by atoms with E-state index < -0.39 is 6.10 Å². The quantitative estimate of drug-likeness (QED) is 0.504. The van der Waals surface area contributed by atoms with Crippen LogP contribution in [0.5, 0.6) is 5.75 Å². The van der Waals surface area contributed by atoms with Gasteiger partial charge < -0.3 is 24.6 Å². The molecule has 0 saturated carbocycles. The van der Waals surface area contributed by atoms with Gasteiger partial charge in [-0.25, -0.2) is 0 Å². The molecule has 0 amide bonds. The standard InChI is InChI=1S/C25H33N3O2/c29-23(19-27-14-4-1-5-15-27)20-30-24-10-8-21(9-11-24)18-26-13-17-28-16-12-22-6-2-3-7-25(22)28/h2-3,6-12,16,23,26,29H,1,4-5,13-15,17-20H2/t23-/m0/s1. The van der Waals surface area contributed by atoms with Crippen molar-refractivity contribution in [3.8, 4) is 5.75 Å². The number of aliphatic hydroxyl groups is 1. The number of para-hydroxylation sites is 1. The summed E-state index contributed by atoms with van der Waals surface area (Å²) in [6.45, 7) is 5.94. The van der Waals surface area contributed by atoms with Crippen LogP contribution in [0.2, 0.25) is 0 Å². The van der Waals surface area contributed by atoms with E-state index >= 15 is 0 Å². The number of benzene rings is 2. The zero-order valence-electron chi connectivity index (χ0n) is 17.7. The van der Waals surface area contributed by atoms with Crippen LogP contribution in [0.15, 0.2) is 60.8 Å². The van der Waals surface area contributed by atoms with Gasteiger partial charge in [0.15, 0.2) is 0 Å². The number of ether oxygens (including phenoxy) is 1. The molecule has 1 fully saturated rings. The molecule has 0 aliphatic carbocycles. The molecule has 4 rings (SSSR count). The van der Waals surface area contributed by atoms with Crippen molar-refractivity contribution in [1.29, 1.82) is 0 Å². The van der Waals surface area contributed by atoms with E-state index in [0.717, 1.165) is 38.5 Å². The minimum absolute atomic E-state index is 0.346. The fourth-order valence-corrected chi connectivity index (χ4v) is 4.16. The van der Waals surface area contributed by atoms with Crippen molar-refractivity contribution in [3.05, 3.63) is 66.4 Å². The molecule has 1 atom stereocenters. The summed E-state index contributed by atoms with van der Waals surface area (Å²) in [7, 11) is 0. The van der Waals surface area contributed by atoms with E-state index in [4.69, 9.17) is 4.74 Å². The number of likely N-dealkylation sites (tertiary alicyclic amines) is 1. The molecule has 0 unspecified atom stereocenters. The fourth-order valence-electron chi connectivity index (χ4n) is 4.16. The molecule has 2 N–H and O–H groups in total. The minimum atomic E-state index is -0.436. The fraction of sp³-hybridized carbons (Fsp3) is 0.440. The first-order valence-electron chi connectivity index (χ1n) is 11.1. The SMILES string of the molecule is O[C@H](COc1ccc(CNCCn2ccc3ccccc32)cc1)CN1CCCCC1. The first kappa shape index (κ1) is 20.9. The molecule has 0 spiro atoms. The van der Waals surface area contributed by atoms with Gasteiger partial charge >= 0.3 is 0 Å². The molecule has 160 valence electrons. The summed E-state index contributed by atoms with van der Waals surface area (Å²) in [5.41, 5.74) is 2.51. The molecule has 0 bridgehead atoms. The van der Waals surface area contributed by atoms with Gasteiger partial charge in [-0.2, -0.15) is 0 Å². The maximum Gasteiger partial charge on any atom is 0.119 e. The van der Waals surface area contributed by atoms with Crippen LogP contribution in [0.25, 0.3) is 10.9 Å². The van der Waals surface area contributed by atoms with E-state index in [-0.39, 0.29) is 0 Å². The van der Waals surface area contributed by atoms with Crippen molar-refractivity contribution in [2.75, 3.05) is 32.8 Å². The normalized spacial score (nSPS) is 16.0. The highest BCUT2D eigenvalue weighted by Crippen LogP contribution is 2.15. The zero-order valence-corrected chi connectivity index (χ0v) is 17.7. The maximum atomic E-state index is 10.2. The Kier molecular flexibility index (Phi) is 7.40. The maximum absolute atomic E-state index is 10.2. The van der Waals surface area contributed by atoms with Gasteiger partial charge in [0.2, 0.25) is 0 Å². The molecule has 2 aromatic carbocycles. The van der Waals surface area contributed by atoms with Gasteiger partial charge in [-0.1, -0.05) is 36.8 Å². The van der Waals surface area contributed by atoms with Gasteiger partial charge in [-0.15, -0.1) is 0 Å². The Balaban J connectivity index is 1.15. The van der Waals surface area contributed by atoms with Crippen molar-refractivity contribution >= 4 is 10.9 Å². The van der Waals surface area contributed by atoms with Gasteiger partial charge in [0, 0.05) is 37.9 Å². The van der Waals surface area contributed by atoms with E-state index in [1.807, 2.05) is 12.1 Å². The summed E-state index contributed by atoms with van der Waals surface area (Å²) in [4.78, 5) is 2.34. The first-order valence-corrected chi connectivity index (χ1v) is 11.1. The number of nitrogens with zero attached hydrogens (tertiary/aromatic N) is 2. The number of fused-ring (bicyclic) bond motifs is 1. The van der Waals surface area contributed by atoms with Gasteiger partial charge in [0.25, 0.3) is 0 Å². The van der Waals surface area contributed by atoms with Crippen molar-refractivity contribution in [2.45, 2.75) is 38.5 Å². The third-order valence-electron chi connectivity index (χ3n) is 5.82. The Hall–Kier alpha value is -2.34. The number of aromatic nitrogens is 1. The smallest absolute Gasteiger partial charge is 0.119 e. The summed E-state index contributed by atoms with van der Waals surface area (Å²) >= 11 is 0. The highest BCUT2D eigenvalue weighted by Gasteiger charge is 2.15. The number of hydrogen-bond donors (Lipinski definition) is 2. The highest BCUT2D eigenvalue weighted by atomic mass is 16.5. The molecule has 1 aromatic heterocycles. The molecular formula is C25H33N3O2. The Bertz CT molecular complexity index is 900. The monoisotopic (exact) mass is 407 g/mol. The van der Waals surface area contributed by atoms with E-state index in [1.165, 1.54) is 35.7 Å². The molecule has 1 aliphatic rings. The molecule has 3 aromatic rings. The number of rotatable bonds is 10. The predicted octanol–water partition coefficient (Wildman–Crippen LogP) is 3.66. The Morgan fingerprint density at radius 2 is 1.77 bits per heavy atom. The topological polar surface area (TPSA) is 49.7 Å². The summed E-state index contributed by atoms with van der Waals surface area (Å²) < 4.78 is 8.07. The van der Waals surface area contributed by atoms with Crippen LogP contribution < -0.4 is 10.1 Å². The molecule has 1 saturated heterocycles. The second kappa shape index (κ2) is 10.6. The summed E-state index contributed by atoms with van der Waals surface area (Å²) in [6.07, 6.45) is 5.51. The second-order valence-electron chi connectivity index (χ2n) is 8.21. The van der Waals surface area contributed by atoms with Gasteiger partial charge in [-0.05, 0) is 61.1 Å². The average molecular weight is 408 g/mol. The van der Waals surface area contributed by atoms with E-state index in [0.29, 0.717) is 13.2 Å². The molecule has 1 aliphatic heterocycles. The van der Waals surface area contributed by atoms with Gasteiger partial charge in [-0.3, -0.25) is 0 Å². The van der Waals surface area contributed by atoms with Crippen molar-refractivity contribution in [2.24, 2.45) is 0 Å².